The van der Waals surface area contributed by atoms with Crippen LogP contribution in [0.2, 0.25) is 0 Å². The molecular weight excluding hydrogens is 294 g/mol. The zero-order valence-corrected chi connectivity index (χ0v) is 11.8. The number of hydrogen-bond acceptors (Lipinski definition) is 5. The van der Waals surface area contributed by atoms with Gasteiger partial charge in [0.25, 0.3) is 10.0 Å². The Morgan fingerprint density at radius 1 is 1.10 bits per heavy atom. The number of anilines is 1. The number of rotatable bonds is 4. The molecule has 0 radical (unpaired) electrons. The molecule has 0 aliphatic carbocycles. The van der Waals surface area contributed by atoms with E-state index in [1.54, 1.807) is 36.4 Å². The Balaban J connectivity index is 1.93. The Labute approximate surface area is 122 Å². The number of fused-ring (bicyclic) bond motifs is 1. The van der Waals surface area contributed by atoms with Gasteiger partial charge in [-0.2, -0.15) is 0 Å². The fourth-order valence-corrected chi connectivity index (χ4v) is 3.35. The molecule has 1 aliphatic heterocycles. The van der Waals surface area contributed by atoms with Gasteiger partial charge in [-0.05, 0) is 23.8 Å². The maximum atomic E-state index is 12.4. The molecule has 0 aromatic heterocycles. The lowest BCUT2D eigenvalue weighted by atomic mass is 10.2. The first-order valence-electron chi connectivity index (χ1n) is 6.21. The third-order valence-electron chi connectivity index (χ3n) is 3.06. The predicted molar refractivity (Wildman–Crippen MR) is 75.7 cm³/mol. The molecule has 0 bridgehead atoms. The van der Waals surface area contributed by atoms with Crippen LogP contribution in [0.15, 0.2) is 47.4 Å². The summed E-state index contributed by atoms with van der Waals surface area (Å²) in [6.07, 6.45) is 0. The van der Waals surface area contributed by atoms with Crippen LogP contribution in [0.25, 0.3) is 0 Å². The lowest BCUT2D eigenvalue weighted by Gasteiger charge is -2.11. The predicted octanol–water partition coefficient (Wildman–Crippen LogP) is 1.71. The van der Waals surface area contributed by atoms with Crippen molar-refractivity contribution in [2.75, 3.05) is 11.5 Å². The molecule has 2 aromatic rings. The van der Waals surface area contributed by atoms with Gasteiger partial charge < -0.3 is 14.6 Å². The molecule has 1 heterocycles. The first kappa shape index (κ1) is 13.7. The van der Waals surface area contributed by atoms with Crippen LogP contribution in [0.5, 0.6) is 11.5 Å². The molecule has 0 saturated carbocycles. The summed E-state index contributed by atoms with van der Waals surface area (Å²) < 4.78 is 37.6. The van der Waals surface area contributed by atoms with E-state index in [4.69, 9.17) is 9.47 Å². The zero-order chi connectivity index (χ0) is 14.9. The van der Waals surface area contributed by atoms with Gasteiger partial charge in [0, 0.05) is 6.07 Å². The molecule has 2 N–H and O–H groups in total. The summed E-state index contributed by atoms with van der Waals surface area (Å²) >= 11 is 0. The van der Waals surface area contributed by atoms with E-state index in [0.29, 0.717) is 22.7 Å². The highest BCUT2D eigenvalue weighted by molar-refractivity contribution is 7.92. The lowest BCUT2D eigenvalue weighted by Crippen LogP contribution is -2.15. The van der Waals surface area contributed by atoms with Crippen molar-refractivity contribution in [3.05, 3.63) is 48.0 Å². The van der Waals surface area contributed by atoms with Gasteiger partial charge in [0.2, 0.25) is 6.79 Å². The number of nitrogens with one attached hydrogen (secondary N) is 1. The van der Waals surface area contributed by atoms with Gasteiger partial charge in [-0.25, -0.2) is 8.42 Å². The van der Waals surface area contributed by atoms with Gasteiger partial charge in [0.1, 0.15) is 0 Å². The van der Waals surface area contributed by atoms with Crippen molar-refractivity contribution in [2.45, 2.75) is 11.5 Å². The fraction of sp³-hybridized carbons (Fsp3) is 0.143. The molecular formula is C14H13NO5S. The Hall–Kier alpha value is -2.25. The third kappa shape index (κ3) is 2.65. The van der Waals surface area contributed by atoms with E-state index >= 15 is 0 Å². The van der Waals surface area contributed by atoms with Crippen molar-refractivity contribution in [3.63, 3.8) is 0 Å². The van der Waals surface area contributed by atoms with Gasteiger partial charge in [0.05, 0.1) is 17.2 Å². The highest BCUT2D eigenvalue weighted by atomic mass is 32.2. The van der Waals surface area contributed by atoms with Crippen LogP contribution < -0.4 is 14.2 Å². The van der Waals surface area contributed by atoms with Crippen LogP contribution in [-0.2, 0) is 16.6 Å². The van der Waals surface area contributed by atoms with Crippen molar-refractivity contribution in [3.8, 4) is 11.5 Å². The van der Waals surface area contributed by atoms with Gasteiger partial charge in [-0.3, -0.25) is 4.72 Å². The quantitative estimate of drug-likeness (QED) is 0.898. The van der Waals surface area contributed by atoms with E-state index in [1.165, 1.54) is 6.07 Å². The van der Waals surface area contributed by atoms with Crippen LogP contribution in [0.1, 0.15) is 5.56 Å². The van der Waals surface area contributed by atoms with Gasteiger partial charge in [-0.15, -0.1) is 0 Å². The van der Waals surface area contributed by atoms with E-state index in [2.05, 4.69) is 4.72 Å². The van der Waals surface area contributed by atoms with E-state index in [-0.39, 0.29) is 18.3 Å². The molecule has 2 aromatic carbocycles. The van der Waals surface area contributed by atoms with Crippen molar-refractivity contribution in [2.24, 2.45) is 0 Å². The second kappa shape index (κ2) is 5.27. The van der Waals surface area contributed by atoms with E-state index in [1.807, 2.05) is 0 Å². The van der Waals surface area contributed by atoms with E-state index in [9.17, 15) is 13.5 Å². The summed E-state index contributed by atoms with van der Waals surface area (Å²) in [4.78, 5) is 0.0465. The second-order valence-corrected chi connectivity index (χ2v) is 6.09. The SMILES string of the molecule is O=S(=O)(Nc1ccc2c(c1)OCO2)c1ccccc1CO. The maximum absolute atomic E-state index is 12.4. The molecule has 21 heavy (non-hydrogen) atoms. The van der Waals surface area contributed by atoms with Crippen molar-refractivity contribution in [1.82, 2.24) is 0 Å². The molecule has 6 nitrogen and oxygen atoms in total. The smallest absolute Gasteiger partial charge is 0.262 e. The van der Waals surface area contributed by atoms with Gasteiger partial charge in [-0.1, -0.05) is 18.2 Å². The normalized spacial score (nSPS) is 13.2. The summed E-state index contributed by atoms with van der Waals surface area (Å²) in [7, 11) is -3.78. The highest BCUT2D eigenvalue weighted by Gasteiger charge is 2.20. The molecule has 0 saturated heterocycles. The number of ether oxygens (including phenoxy) is 2. The van der Waals surface area contributed by atoms with Crippen LogP contribution in [0, 0.1) is 0 Å². The molecule has 0 atom stereocenters. The summed E-state index contributed by atoms with van der Waals surface area (Å²) in [6.45, 7) is -0.225. The number of hydrogen-bond donors (Lipinski definition) is 2. The second-order valence-electron chi connectivity index (χ2n) is 4.44. The molecule has 3 rings (SSSR count). The van der Waals surface area contributed by atoms with Crippen molar-refractivity contribution >= 4 is 15.7 Å². The van der Waals surface area contributed by atoms with Crippen LogP contribution in [0.4, 0.5) is 5.69 Å². The molecule has 0 fully saturated rings. The maximum Gasteiger partial charge on any atom is 0.262 e. The first-order chi connectivity index (χ1) is 10.1. The lowest BCUT2D eigenvalue weighted by molar-refractivity contribution is 0.174. The average Bonchev–Trinajstić information content (AvgIpc) is 2.94. The fourth-order valence-electron chi connectivity index (χ4n) is 2.07. The molecule has 1 aliphatic rings. The highest BCUT2D eigenvalue weighted by Crippen LogP contribution is 2.34. The number of aliphatic hydroxyl groups excluding tert-OH is 1. The standard InChI is InChI=1S/C14H13NO5S/c16-8-10-3-1-2-4-14(10)21(17,18)15-11-5-6-12-13(7-11)20-9-19-12/h1-7,15-16H,8-9H2. The van der Waals surface area contributed by atoms with Gasteiger partial charge >= 0.3 is 0 Å². The van der Waals surface area contributed by atoms with Crippen LogP contribution >= 0.6 is 0 Å². The van der Waals surface area contributed by atoms with E-state index in [0.717, 1.165) is 0 Å². The molecule has 0 amide bonds. The Morgan fingerprint density at radius 3 is 2.67 bits per heavy atom. The molecule has 7 heteroatoms. The summed E-state index contributed by atoms with van der Waals surface area (Å²) in [5, 5.41) is 9.25. The minimum atomic E-state index is -3.78. The Bertz CT molecular complexity index is 773. The number of benzene rings is 2. The third-order valence-corrected chi connectivity index (χ3v) is 4.54. The van der Waals surface area contributed by atoms with Gasteiger partial charge in [0.15, 0.2) is 11.5 Å². The first-order valence-corrected chi connectivity index (χ1v) is 7.70. The average molecular weight is 307 g/mol. The summed E-state index contributed by atoms with van der Waals surface area (Å²) in [5.41, 5.74) is 0.706. The minimum absolute atomic E-state index is 0.0465. The number of aliphatic hydroxyl groups is 1. The van der Waals surface area contributed by atoms with E-state index < -0.39 is 10.0 Å². The number of sulfonamides is 1. The Morgan fingerprint density at radius 2 is 1.86 bits per heavy atom. The topological polar surface area (TPSA) is 84.9 Å². The van der Waals surface area contributed by atoms with Crippen molar-refractivity contribution in [1.29, 1.82) is 0 Å². The Kier molecular flexibility index (Phi) is 3.44. The molecule has 110 valence electrons. The van der Waals surface area contributed by atoms with Crippen molar-refractivity contribution < 1.29 is 23.0 Å². The molecule has 0 spiro atoms. The largest absolute Gasteiger partial charge is 0.454 e. The summed E-state index contributed by atoms with van der Waals surface area (Å²) in [6, 6.07) is 11.1. The molecule has 0 unspecified atom stereocenters. The zero-order valence-electron chi connectivity index (χ0n) is 10.9. The monoisotopic (exact) mass is 307 g/mol. The van der Waals surface area contributed by atoms with Crippen LogP contribution in [0.3, 0.4) is 0 Å². The van der Waals surface area contributed by atoms with Crippen LogP contribution in [-0.4, -0.2) is 20.3 Å². The summed E-state index contributed by atoms with van der Waals surface area (Å²) in [5.74, 6) is 1.07. The minimum Gasteiger partial charge on any atom is -0.454 e.